The Morgan fingerprint density at radius 2 is 2.07 bits per heavy atom. The van der Waals surface area contributed by atoms with Gasteiger partial charge in [-0.2, -0.15) is 0 Å². The normalized spacial score (nSPS) is 21.8. The molecule has 1 unspecified atom stereocenters. The summed E-state index contributed by atoms with van der Waals surface area (Å²) in [6.07, 6.45) is 5.79. The molecule has 0 radical (unpaired) electrons. The predicted molar refractivity (Wildman–Crippen MR) is 67.4 cm³/mol. The van der Waals surface area contributed by atoms with E-state index in [1.54, 1.807) is 0 Å². The Balaban J connectivity index is 2.76. The maximum atomic E-state index is 3.87. The van der Waals surface area contributed by atoms with Crippen molar-refractivity contribution in [2.24, 2.45) is 11.3 Å². The lowest BCUT2D eigenvalue weighted by Gasteiger charge is -2.31. The van der Waals surface area contributed by atoms with E-state index in [-0.39, 0.29) is 0 Å². The predicted octanol–water partition coefficient (Wildman–Crippen LogP) is 4.01. The second kappa shape index (κ2) is 4.26. The van der Waals surface area contributed by atoms with E-state index in [1.807, 2.05) is 6.92 Å². The molecule has 0 bridgehead atoms. The zero-order valence-electron chi connectivity index (χ0n) is 10.6. The molecule has 0 aromatic heterocycles. The largest absolute Gasteiger partial charge is 0.360 e. The molecule has 1 aliphatic carbocycles. The van der Waals surface area contributed by atoms with Gasteiger partial charge in [-0.1, -0.05) is 39.5 Å². The average Bonchev–Trinajstić information content (AvgIpc) is 2.05. The molecule has 0 aromatic carbocycles. The van der Waals surface area contributed by atoms with Crippen molar-refractivity contribution < 1.29 is 0 Å². The third kappa shape index (κ3) is 3.26. The minimum Gasteiger partial charge on any atom is -0.360 e. The van der Waals surface area contributed by atoms with Crippen LogP contribution in [0.4, 0.5) is 0 Å². The summed E-state index contributed by atoms with van der Waals surface area (Å²) < 4.78 is 0. The van der Waals surface area contributed by atoms with Crippen molar-refractivity contribution >= 4 is 0 Å². The van der Waals surface area contributed by atoms with Gasteiger partial charge in [0, 0.05) is 11.4 Å². The lowest BCUT2D eigenvalue weighted by Crippen LogP contribution is -2.23. The molecular weight excluding hydrogens is 182 g/mol. The summed E-state index contributed by atoms with van der Waals surface area (Å²) in [4.78, 5) is 0. The van der Waals surface area contributed by atoms with Gasteiger partial charge in [0.05, 0.1) is 0 Å². The van der Waals surface area contributed by atoms with Crippen LogP contribution in [0.15, 0.2) is 35.7 Å². The maximum absolute atomic E-state index is 3.87. The van der Waals surface area contributed by atoms with E-state index >= 15 is 0 Å². The van der Waals surface area contributed by atoms with Crippen LogP contribution in [0.2, 0.25) is 0 Å². The molecule has 0 saturated heterocycles. The minimum atomic E-state index is 0.354. The van der Waals surface area contributed by atoms with E-state index in [1.165, 1.54) is 11.3 Å². The first-order valence-corrected chi connectivity index (χ1v) is 5.62. The number of hydrogen-bond acceptors (Lipinski definition) is 1. The standard InChI is InChI=1S/C14H23N/c1-10(2)15-13-8-7-12(9-11(13)3)14(4,5)6/h8-9,12,15H,1,7H2,2-6H3. The number of hydrogen-bond donors (Lipinski definition) is 1. The highest BCUT2D eigenvalue weighted by molar-refractivity contribution is 5.34. The maximum Gasteiger partial charge on any atom is 0.0367 e. The van der Waals surface area contributed by atoms with Crippen LogP contribution in [0.5, 0.6) is 0 Å². The Labute approximate surface area is 94.0 Å². The van der Waals surface area contributed by atoms with Crippen molar-refractivity contribution in [2.45, 2.75) is 41.0 Å². The lowest BCUT2D eigenvalue weighted by molar-refractivity contribution is 0.291. The summed E-state index contributed by atoms with van der Waals surface area (Å²) in [7, 11) is 0. The minimum absolute atomic E-state index is 0.354. The molecule has 0 aliphatic heterocycles. The molecule has 84 valence electrons. The molecule has 1 N–H and O–H groups in total. The van der Waals surface area contributed by atoms with Crippen LogP contribution in [-0.4, -0.2) is 0 Å². The van der Waals surface area contributed by atoms with Crippen molar-refractivity contribution in [3.05, 3.63) is 35.7 Å². The lowest BCUT2D eigenvalue weighted by atomic mass is 9.75. The van der Waals surface area contributed by atoms with Gasteiger partial charge in [-0.3, -0.25) is 0 Å². The Morgan fingerprint density at radius 3 is 2.47 bits per heavy atom. The fraction of sp³-hybridized carbons (Fsp3) is 0.571. The van der Waals surface area contributed by atoms with Crippen LogP contribution in [0, 0.1) is 11.3 Å². The number of nitrogens with one attached hydrogen (secondary N) is 1. The van der Waals surface area contributed by atoms with E-state index in [0.717, 1.165) is 12.1 Å². The molecule has 1 rings (SSSR count). The van der Waals surface area contributed by atoms with Gasteiger partial charge in [0.2, 0.25) is 0 Å². The fourth-order valence-electron chi connectivity index (χ4n) is 1.85. The number of rotatable bonds is 2. The third-order valence-electron chi connectivity index (χ3n) is 2.91. The van der Waals surface area contributed by atoms with E-state index in [4.69, 9.17) is 0 Å². The summed E-state index contributed by atoms with van der Waals surface area (Å²) >= 11 is 0. The molecule has 0 saturated carbocycles. The first-order chi connectivity index (χ1) is 6.80. The van der Waals surface area contributed by atoms with Crippen molar-refractivity contribution in [1.29, 1.82) is 0 Å². The number of allylic oxidation sites excluding steroid dienone is 4. The van der Waals surface area contributed by atoms with Crippen LogP contribution in [0.25, 0.3) is 0 Å². The van der Waals surface area contributed by atoms with Gasteiger partial charge in [0.15, 0.2) is 0 Å². The molecule has 0 spiro atoms. The van der Waals surface area contributed by atoms with Crippen LogP contribution in [-0.2, 0) is 0 Å². The first-order valence-electron chi connectivity index (χ1n) is 5.62. The van der Waals surface area contributed by atoms with Crippen molar-refractivity contribution in [3.8, 4) is 0 Å². The summed E-state index contributed by atoms with van der Waals surface area (Å²) in [5.74, 6) is 0.646. The highest BCUT2D eigenvalue weighted by Gasteiger charge is 2.24. The molecule has 1 atom stereocenters. The van der Waals surface area contributed by atoms with Gasteiger partial charge >= 0.3 is 0 Å². The third-order valence-corrected chi connectivity index (χ3v) is 2.91. The summed E-state index contributed by atoms with van der Waals surface area (Å²) in [5.41, 5.74) is 3.92. The van der Waals surface area contributed by atoms with Crippen molar-refractivity contribution in [3.63, 3.8) is 0 Å². The quantitative estimate of drug-likeness (QED) is 0.718. The molecule has 0 aromatic rings. The van der Waals surface area contributed by atoms with E-state index in [9.17, 15) is 0 Å². The molecular formula is C14H23N. The zero-order chi connectivity index (χ0) is 11.6. The molecule has 15 heavy (non-hydrogen) atoms. The van der Waals surface area contributed by atoms with Crippen LogP contribution < -0.4 is 5.32 Å². The van der Waals surface area contributed by atoms with E-state index < -0.39 is 0 Å². The van der Waals surface area contributed by atoms with Crippen molar-refractivity contribution in [1.82, 2.24) is 5.32 Å². The highest BCUT2D eigenvalue weighted by atomic mass is 14.9. The molecule has 1 aliphatic rings. The van der Waals surface area contributed by atoms with Gasteiger partial charge in [0.25, 0.3) is 0 Å². The zero-order valence-corrected chi connectivity index (χ0v) is 10.6. The van der Waals surface area contributed by atoms with Gasteiger partial charge in [-0.05, 0) is 37.2 Å². The van der Waals surface area contributed by atoms with E-state index in [2.05, 4.69) is 51.7 Å². The van der Waals surface area contributed by atoms with Crippen LogP contribution in [0.3, 0.4) is 0 Å². The van der Waals surface area contributed by atoms with Crippen LogP contribution in [0.1, 0.15) is 41.0 Å². The summed E-state index contributed by atoms with van der Waals surface area (Å²) in [6.45, 7) is 14.9. The summed E-state index contributed by atoms with van der Waals surface area (Å²) in [6, 6.07) is 0. The Kier molecular flexibility index (Phi) is 3.43. The average molecular weight is 205 g/mol. The first kappa shape index (κ1) is 12.1. The monoisotopic (exact) mass is 205 g/mol. The molecule has 1 heteroatoms. The van der Waals surface area contributed by atoms with Gasteiger partial charge < -0.3 is 5.32 Å². The summed E-state index contributed by atoms with van der Waals surface area (Å²) in [5, 5.41) is 3.30. The van der Waals surface area contributed by atoms with Crippen molar-refractivity contribution in [2.75, 3.05) is 0 Å². The SMILES string of the molecule is C=C(C)NC1=CCC(C(C)(C)C)C=C1C. The molecule has 0 heterocycles. The molecule has 0 fully saturated rings. The topological polar surface area (TPSA) is 12.0 Å². The second-order valence-corrected chi connectivity index (χ2v) is 5.58. The molecule has 0 amide bonds. The smallest absolute Gasteiger partial charge is 0.0367 e. The molecule has 1 nitrogen and oxygen atoms in total. The Hall–Kier alpha value is -0.980. The van der Waals surface area contributed by atoms with Gasteiger partial charge in [-0.25, -0.2) is 0 Å². The van der Waals surface area contributed by atoms with Gasteiger partial charge in [0.1, 0.15) is 0 Å². The fourth-order valence-corrected chi connectivity index (χ4v) is 1.85. The van der Waals surface area contributed by atoms with Crippen LogP contribution >= 0.6 is 0 Å². The van der Waals surface area contributed by atoms with E-state index in [0.29, 0.717) is 11.3 Å². The van der Waals surface area contributed by atoms with Gasteiger partial charge in [-0.15, -0.1) is 0 Å². The highest BCUT2D eigenvalue weighted by Crippen LogP contribution is 2.35. The Morgan fingerprint density at radius 1 is 1.47 bits per heavy atom. The second-order valence-electron chi connectivity index (χ2n) is 5.58. The Bertz CT molecular complexity index is 313.